The number of aromatic nitrogens is 8. The maximum atomic E-state index is 5.07. The number of rotatable bonds is 4. The fraction of sp³-hybridized carbons (Fsp3) is 0.333. The van der Waals surface area contributed by atoms with Gasteiger partial charge in [-0.25, -0.2) is 4.98 Å². The van der Waals surface area contributed by atoms with Gasteiger partial charge in [-0.3, -0.25) is 9.67 Å². The molecule has 9 heteroatoms. The maximum Gasteiger partial charge on any atom is 0.231 e. The summed E-state index contributed by atoms with van der Waals surface area (Å²) in [7, 11) is 3.53. The molecule has 136 valence electrons. The molecule has 5 rings (SSSR count). The Morgan fingerprint density at radius 1 is 1.04 bits per heavy atom. The summed E-state index contributed by atoms with van der Waals surface area (Å²) < 4.78 is 8.69. The lowest BCUT2D eigenvalue weighted by molar-refractivity contribution is 0.395. The third-order valence-corrected chi connectivity index (χ3v) is 4.99. The van der Waals surface area contributed by atoms with Crippen LogP contribution in [0.25, 0.3) is 17.0 Å². The summed E-state index contributed by atoms with van der Waals surface area (Å²) in [6.45, 7) is 1.89. The summed E-state index contributed by atoms with van der Waals surface area (Å²) >= 11 is 0. The molecule has 1 aliphatic carbocycles. The first-order valence-corrected chi connectivity index (χ1v) is 8.73. The molecule has 1 fully saturated rings. The van der Waals surface area contributed by atoms with Gasteiger partial charge in [-0.15, -0.1) is 10.2 Å². The topological polar surface area (TPSA) is 95.9 Å². The van der Waals surface area contributed by atoms with Gasteiger partial charge in [-0.2, -0.15) is 14.7 Å². The van der Waals surface area contributed by atoms with Gasteiger partial charge in [0.25, 0.3) is 0 Å². The summed E-state index contributed by atoms with van der Waals surface area (Å²) in [6, 6.07) is 5.97. The zero-order valence-corrected chi connectivity index (χ0v) is 15.2. The molecule has 27 heavy (non-hydrogen) atoms. The van der Waals surface area contributed by atoms with E-state index in [1.807, 2.05) is 30.8 Å². The molecule has 4 aromatic rings. The Hall–Kier alpha value is -3.36. The van der Waals surface area contributed by atoms with Gasteiger partial charge >= 0.3 is 0 Å². The fourth-order valence-corrected chi connectivity index (χ4v) is 3.41. The van der Waals surface area contributed by atoms with Gasteiger partial charge in [0.15, 0.2) is 11.5 Å². The van der Waals surface area contributed by atoms with Crippen LogP contribution in [0.4, 0.5) is 0 Å². The number of aryl methyl sites for hydroxylation is 2. The minimum Gasteiger partial charge on any atom is -0.480 e. The number of nitrogens with zero attached hydrogens (tertiary/aromatic N) is 8. The molecule has 2 unspecified atom stereocenters. The normalized spacial score (nSPS) is 18.8. The number of hydrogen-bond donors (Lipinski definition) is 0. The Morgan fingerprint density at radius 3 is 2.67 bits per heavy atom. The van der Waals surface area contributed by atoms with E-state index in [0.29, 0.717) is 17.7 Å². The molecule has 2 atom stereocenters. The zero-order chi connectivity index (χ0) is 18.5. The monoisotopic (exact) mass is 362 g/mol. The Bertz CT molecular complexity index is 1130. The molecule has 0 aliphatic heterocycles. The van der Waals surface area contributed by atoms with Crippen molar-refractivity contribution in [2.24, 2.45) is 7.05 Å². The van der Waals surface area contributed by atoms with Gasteiger partial charge in [0.05, 0.1) is 36.6 Å². The molecule has 0 aromatic carbocycles. The Balaban J connectivity index is 1.43. The zero-order valence-electron chi connectivity index (χ0n) is 15.2. The predicted molar refractivity (Wildman–Crippen MR) is 96.4 cm³/mol. The Labute approximate surface area is 155 Å². The largest absolute Gasteiger partial charge is 0.480 e. The lowest BCUT2D eigenvalue weighted by Gasteiger charge is -2.01. The fourth-order valence-electron chi connectivity index (χ4n) is 3.41. The summed E-state index contributed by atoms with van der Waals surface area (Å²) in [6.07, 6.45) is 4.47. The highest BCUT2D eigenvalue weighted by Crippen LogP contribution is 2.53. The van der Waals surface area contributed by atoms with Crippen molar-refractivity contribution in [3.8, 4) is 17.3 Å². The lowest BCUT2D eigenvalue weighted by Crippen LogP contribution is -2.00. The number of hydrogen-bond acceptors (Lipinski definition) is 7. The maximum absolute atomic E-state index is 5.07. The van der Waals surface area contributed by atoms with Crippen LogP contribution in [-0.2, 0) is 7.05 Å². The second kappa shape index (κ2) is 5.83. The molecule has 1 aliphatic rings. The Kier molecular flexibility index (Phi) is 3.43. The first kappa shape index (κ1) is 15.9. The second-order valence-electron chi connectivity index (χ2n) is 6.75. The van der Waals surface area contributed by atoms with Crippen molar-refractivity contribution in [1.29, 1.82) is 0 Å². The molecule has 9 nitrogen and oxygen atoms in total. The van der Waals surface area contributed by atoms with Crippen LogP contribution >= 0.6 is 0 Å². The SMILES string of the molecule is COc1cnc(C2CC2c2cc(-c3ccc4nnc(C)n4n3)n(C)n2)cn1. The third-order valence-electron chi connectivity index (χ3n) is 4.99. The van der Waals surface area contributed by atoms with E-state index >= 15 is 0 Å². The molecule has 0 amide bonds. The molecular weight excluding hydrogens is 344 g/mol. The summed E-state index contributed by atoms with van der Waals surface area (Å²) in [5.41, 5.74) is 4.57. The highest BCUT2D eigenvalue weighted by Gasteiger charge is 2.42. The average molecular weight is 362 g/mol. The number of fused-ring (bicyclic) bond motifs is 1. The van der Waals surface area contributed by atoms with E-state index in [1.165, 1.54) is 0 Å². The van der Waals surface area contributed by atoms with Crippen molar-refractivity contribution in [1.82, 2.24) is 39.6 Å². The molecule has 1 saturated carbocycles. The van der Waals surface area contributed by atoms with Crippen LogP contribution in [0, 0.1) is 6.92 Å². The number of methoxy groups -OCH3 is 1. The minimum atomic E-state index is 0.349. The van der Waals surface area contributed by atoms with Crippen molar-refractivity contribution in [2.45, 2.75) is 25.2 Å². The standard InChI is InChI=1S/C18H18N8O/c1-10-21-22-17-5-4-13(24-26(10)17)16-7-14(23-25(16)2)11-6-12(11)15-8-20-18(27-3)9-19-15/h4-5,7-9,11-12H,6H2,1-3H3. The van der Waals surface area contributed by atoms with Crippen molar-refractivity contribution in [3.63, 3.8) is 0 Å². The van der Waals surface area contributed by atoms with Gasteiger partial charge in [0.2, 0.25) is 5.88 Å². The molecule has 0 saturated heterocycles. The van der Waals surface area contributed by atoms with Crippen LogP contribution in [0.3, 0.4) is 0 Å². The van der Waals surface area contributed by atoms with Gasteiger partial charge in [-0.05, 0) is 31.5 Å². The van der Waals surface area contributed by atoms with Crippen LogP contribution in [-0.4, -0.2) is 46.7 Å². The molecule has 4 heterocycles. The predicted octanol–water partition coefficient (Wildman–Crippen LogP) is 1.90. The van der Waals surface area contributed by atoms with Crippen molar-refractivity contribution in [2.75, 3.05) is 7.11 Å². The van der Waals surface area contributed by atoms with E-state index in [4.69, 9.17) is 9.84 Å². The molecule has 0 N–H and O–H groups in total. The van der Waals surface area contributed by atoms with Gasteiger partial charge in [0.1, 0.15) is 5.69 Å². The molecule has 4 aromatic heterocycles. The van der Waals surface area contributed by atoms with E-state index in [1.54, 1.807) is 24.0 Å². The van der Waals surface area contributed by atoms with Gasteiger partial charge in [0, 0.05) is 18.9 Å². The Morgan fingerprint density at radius 2 is 1.89 bits per heavy atom. The van der Waals surface area contributed by atoms with E-state index in [0.717, 1.165) is 40.7 Å². The van der Waals surface area contributed by atoms with E-state index in [-0.39, 0.29) is 0 Å². The quantitative estimate of drug-likeness (QED) is 0.547. The van der Waals surface area contributed by atoms with Crippen LogP contribution in [0.2, 0.25) is 0 Å². The molecule has 0 bridgehead atoms. The van der Waals surface area contributed by atoms with Crippen LogP contribution in [0.5, 0.6) is 5.88 Å². The summed E-state index contributed by atoms with van der Waals surface area (Å²) in [5, 5.41) is 17.5. The van der Waals surface area contributed by atoms with Crippen molar-refractivity contribution >= 4 is 5.65 Å². The van der Waals surface area contributed by atoms with Crippen LogP contribution < -0.4 is 4.74 Å². The number of ether oxygens (including phenoxy) is 1. The van der Waals surface area contributed by atoms with E-state index in [9.17, 15) is 0 Å². The van der Waals surface area contributed by atoms with Gasteiger partial charge in [-0.1, -0.05) is 0 Å². The van der Waals surface area contributed by atoms with Crippen LogP contribution in [0.1, 0.15) is 35.5 Å². The first-order chi connectivity index (χ1) is 13.1. The summed E-state index contributed by atoms with van der Waals surface area (Å²) in [5.74, 6) is 1.99. The molecule has 0 spiro atoms. The highest BCUT2D eigenvalue weighted by atomic mass is 16.5. The minimum absolute atomic E-state index is 0.349. The molecular formula is C18H18N8O. The third kappa shape index (κ3) is 2.62. The summed E-state index contributed by atoms with van der Waals surface area (Å²) in [4.78, 5) is 8.72. The molecule has 0 radical (unpaired) electrons. The van der Waals surface area contributed by atoms with Crippen molar-refractivity contribution < 1.29 is 4.74 Å². The van der Waals surface area contributed by atoms with Crippen molar-refractivity contribution in [3.05, 3.63) is 47.8 Å². The van der Waals surface area contributed by atoms with E-state index in [2.05, 4.69) is 31.3 Å². The lowest BCUT2D eigenvalue weighted by atomic mass is 10.2. The van der Waals surface area contributed by atoms with E-state index < -0.39 is 0 Å². The van der Waals surface area contributed by atoms with Gasteiger partial charge < -0.3 is 4.74 Å². The highest BCUT2D eigenvalue weighted by molar-refractivity contribution is 5.57. The smallest absolute Gasteiger partial charge is 0.231 e. The van der Waals surface area contributed by atoms with Crippen LogP contribution in [0.15, 0.2) is 30.6 Å². The average Bonchev–Trinajstić information content (AvgIpc) is 3.28. The first-order valence-electron chi connectivity index (χ1n) is 8.73. The second-order valence-corrected chi connectivity index (χ2v) is 6.75.